The number of amides is 1. The molecule has 0 spiro atoms. The molecule has 18 heavy (non-hydrogen) atoms. The van der Waals surface area contributed by atoms with Crippen molar-refractivity contribution < 1.29 is 4.79 Å². The number of rotatable bonds is 4. The summed E-state index contributed by atoms with van der Waals surface area (Å²) >= 11 is 0. The Morgan fingerprint density at radius 1 is 1.44 bits per heavy atom. The summed E-state index contributed by atoms with van der Waals surface area (Å²) in [6.07, 6.45) is 13.9. The third-order valence-electron chi connectivity index (χ3n) is 3.14. The fourth-order valence-electron chi connectivity index (χ4n) is 2.03. The second-order valence-electron chi connectivity index (χ2n) is 5.86. The highest BCUT2D eigenvalue weighted by atomic mass is 16.2. The van der Waals surface area contributed by atoms with Crippen LogP contribution in [-0.2, 0) is 4.79 Å². The van der Waals surface area contributed by atoms with Crippen molar-refractivity contribution in [1.82, 2.24) is 4.90 Å². The minimum atomic E-state index is -0.352. The zero-order valence-corrected chi connectivity index (χ0v) is 11.9. The molecule has 2 nitrogen and oxygen atoms in total. The standard InChI is InChI=1S/C16H25NO/c1-5-17(15(18)16(2,3)4)13-9-12-14-10-7-6-8-11-14/h5-7,9,12,14H,1,8,10-11,13H2,2-4H3. The van der Waals surface area contributed by atoms with Gasteiger partial charge in [-0.25, -0.2) is 0 Å². The summed E-state index contributed by atoms with van der Waals surface area (Å²) < 4.78 is 0. The second-order valence-corrected chi connectivity index (χ2v) is 5.86. The minimum absolute atomic E-state index is 0.116. The van der Waals surface area contributed by atoms with Crippen molar-refractivity contribution in [2.45, 2.75) is 40.0 Å². The topological polar surface area (TPSA) is 20.3 Å². The number of allylic oxidation sites excluding steroid dienone is 3. The summed E-state index contributed by atoms with van der Waals surface area (Å²) in [4.78, 5) is 13.8. The average molecular weight is 247 g/mol. The molecular weight excluding hydrogens is 222 g/mol. The average Bonchev–Trinajstić information content (AvgIpc) is 2.34. The Morgan fingerprint density at radius 3 is 2.67 bits per heavy atom. The van der Waals surface area contributed by atoms with Gasteiger partial charge in [0.1, 0.15) is 0 Å². The molecule has 100 valence electrons. The van der Waals surface area contributed by atoms with E-state index in [1.54, 1.807) is 11.1 Å². The summed E-state index contributed by atoms with van der Waals surface area (Å²) in [6.45, 7) is 10.1. The molecule has 0 saturated carbocycles. The Labute approximate surface area is 111 Å². The van der Waals surface area contributed by atoms with Crippen LogP contribution >= 0.6 is 0 Å². The van der Waals surface area contributed by atoms with E-state index in [4.69, 9.17) is 0 Å². The van der Waals surface area contributed by atoms with Gasteiger partial charge in [-0.1, -0.05) is 51.7 Å². The van der Waals surface area contributed by atoms with Crippen LogP contribution in [0.25, 0.3) is 0 Å². The maximum absolute atomic E-state index is 12.1. The van der Waals surface area contributed by atoms with Gasteiger partial charge in [-0.2, -0.15) is 0 Å². The minimum Gasteiger partial charge on any atom is -0.315 e. The van der Waals surface area contributed by atoms with Crippen molar-refractivity contribution in [1.29, 1.82) is 0 Å². The van der Waals surface area contributed by atoms with Crippen LogP contribution < -0.4 is 0 Å². The van der Waals surface area contributed by atoms with Gasteiger partial charge in [0.15, 0.2) is 0 Å². The third kappa shape index (κ3) is 4.52. The van der Waals surface area contributed by atoms with E-state index in [2.05, 4.69) is 30.9 Å². The van der Waals surface area contributed by atoms with Crippen LogP contribution in [0.2, 0.25) is 0 Å². The van der Waals surface area contributed by atoms with Crippen LogP contribution in [0, 0.1) is 11.3 Å². The van der Waals surface area contributed by atoms with E-state index in [0.29, 0.717) is 12.5 Å². The van der Waals surface area contributed by atoms with E-state index in [1.807, 2.05) is 20.8 Å². The van der Waals surface area contributed by atoms with Crippen molar-refractivity contribution >= 4 is 5.91 Å². The molecule has 2 heteroatoms. The molecule has 1 amide bonds. The first-order valence-electron chi connectivity index (χ1n) is 6.70. The van der Waals surface area contributed by atoms with Gasteiger partial charge in [0, 0.05) is 12.0 Å². The summed E-state index contributed by atoms with van der Waals surface area (Å²) in [5.41, 5.74) is -0.352. The largest absolute Gasteiger partial charge is 0.315 e. The Hall–Kier alpha value is -1.31. The lowest BCUT2D eigenvalue weighted by Gasteiger charge is -2.25. The summed E-state index contributed by atoms with van der Waals surface area (Å²) in [5.74, 6) is 0.747. The van der Waals surface area contributed by atoms with E-state index in [9.17, 15) is 4.79 Å². The predicted octanol–water partition coefficient (Wildman–Crippen LogP) is 3.92. The molecule has 0 saturated heterocycles. The quantitative estimate of drug-likeness (QED) is 0.690. The summed E-state index contributed by atoms with van der Waals surface area (Å²) in [6, 6.07) is 0. The highest BCUT2D eigenvalue weighted by Gasteiger charge is 2.25. The molecule has 0 aliphatic heterocycles. The molecule has 0 aromatic carbocycles. The fourth-order valence-corrected chi connectivity index (χ4v) is 2.03. The van der Waals surface area contributed by atoms with Gasteiger partial charge in [-0.3, -0.25) is 4.79 Å². The molecule has 0 bridgehead atoms. The van der Waals surface area contributed by atoms with Crippen LogP contribution in [0.4, 0.5) is 0 Å². The van der Waals surface area contributed by atoms with Gasteiger partial charge in [-0.15, -0.1) is 0 Å². The molecule has 1 aliphatic carbocycles. The predicted molar refractivity (Wildman–Crippen MR) is 77.0 cm³/mol. The Balaban J connectivity index is 2.49. The fraction of sp³-hybridized carbons (Fsp3) is 0.562. The van der Waals surface area contributed by atoms with Gasteiger partial charge in [0.2, 0.25) is 5.91 Å². The first-order chi connectivity index (χ1) is 8.45. The number of nitrogens with zero attached hydrogens (tertiary/aromatic N) is 1. The second kappa shape index (κ2) is 6.58. The molecule has 1 aliphatic rings. The van der Waals surface area contributed by atoms with E-state index in [-0.39, 0.29) is 11.3 Å². The summed E-state index contributed by atoms with van der Waals surface area (Å²) in [5, 5.41) is 0. The zero-order chi connectivity index (χ0) is 13.6. The van der Waals surface area contributed by atoms with Crippen LogP contribution in [0.1, 0.15) is 40.0 Å². The van der Waals surface area contributed by atoms with E-state index in [1.165, 1.54) is 12.8 Å². The van der Waals surface area contributed by atoms with Gasteiger partial charge >= 0.3 is 0 Å². The maximum atomic E-state index is 12.1. The third-order valence-corrected chi connectivity index (χ3v) is 3.14. The highest BCUT2D eigenvalue weighted by Crippen LogP contribution is 2.20. The van der Waals surface area contributed by atoms with Crippen LogP contribution in [0.3, 0.4) is 0 Å². The molecule has 0 aromatic rings. The van der Waals surface area contributed by atoms with E-state index >= 15 is 0 Å². The van der Waals surface area contributed by atoms with Crippen LogP contribution in [-0.4, -0.2) is 17.4 Å². The Bertz CT molecular complexity index is 347. The Kier molecular flexibility index (Phi) is 5.39. The molecule has 1 atom stereocenters. The molecule has 0 N–H and O–H groups in total. The highest BCUT2D eigenvalue weighted by molar-refractivity contribution is 5.82. The van der Waals surface area contributed by atoms with Gasteiger partial charge in [0.05, 0.1) is 0 Å². The van der Waals surface area contributed by atoms with Crippen LogP contribution in [0.15, 0.2) is 37.1 Å². The first-order valence-corrected chi connectivity index (χ1v) is 6.70. The van der Waals surface area contributed by atoms with Crippen molar-refractivity contribution in [2.24, 2.45) is 11.3 Å². The number of carbonyl (C=O) groups excluding carboxylic acids is 1. The molecule has 0 aromatic heterocycles. The molecule has 0 heterocycles. The number of carbonyl (C=O) groups is 1. The van der Waals surface area contributed by atoms with Gasteiger partial charge in [0.25, 0.3) is 0 Å². The number of hydrogen-bond donors (Lipinski definition) is 0. The van der Waals surface area contributed by atoms with Crippen molar-refractivity contribution in [3.05, 3.63) is 37.1 Å². The van der Waals surface area contributed by atoms with E-state index in [0.717, 1.165) is 6.42 Å². The van der Waals surface area contributed by atoms with Crippen molar-refractivity contribution in [3.8, 4) is 0 Å². The zero-order valence-electron chi connectivity index (χ0n) is 11.9. The van der Waals surface area contributed by atoms with Gasteiger partial charge in [-0.05, 0) is 31.4 Å². The molecule has 1 rings (SSSR count). The van der Waals surface area contributed by atoms with Crippen LogP contribution in [0.5, 0.6) is 0 Å². The first kappa shape index (κ1) is 14.7. The molecule has 1 unspecified atom stereocenters. The lowest BCUT2D eigenvalue weighted by molar-refractivity contribution is -0.136. The lowest BCUT2D eigenvalue weighted by Crippen LogP contribution is -2.35. The SMILES string of the molecule is C=CN(CC=CC1CC=CCC1)C(=O)C(C)(C)C. The van der Waals surface area contributed by atoms with Gasteiger partial charge < -0.3 is 4.90 Å². The Morgan fingerprint density at radius 2 is 2.17 bits per heavy atom. The summed E-state index contributed by atoms with van der Waals surface area (Å²) in [7, 11) is 0. The monoisotopic (exact) mass is 247 g/mol. The molecular formula is C16H25NO. The lowest BCUT2D eigenvalue weighted by atomic mass is 9.93. The van der Waals surface area contributed by atoms with E-state index < -0.39 is 0 Å². The molecule has 0 radical (unpaired) electrons. The number of hydrogen-bond acceptors (Lipinski definition) is 1. The van der Waals surface area contributed by atoms with Crippen molar-refractivity contribution in [3.63, 3.8) is 0 Å². The molecule has 0 fully saturated rings. The maximum Gasteiger partial charge on any atom is 0.232 e. The van der Waals surface area contributed by atoms with Crippen molar-refractivity contribution in [2.75, 3.05) is 6.54 Å². The normalized spacial score (nSPS) is 20.1. The smallest absolute Gasteiger partial charge is 0.232 e.